The van der Waals surface area contributed by atoms with E-state index in [2.05, 4.69) is 62.5 Å². The van der Waals surface area contributed by atoms with Crippen LogP contribution in [0.1, 0.15) is 258 Å². The Labute approximate surface area is 416 Å². The van der Waals surface area contributed by atoms with Gasteiger partial charge in [-0.2, -0.15) is 0 Å². The Hall–Kier alpha value is -1.54. The fraction of sp³-hybridized carbons (Fsp3) is 0.845. The maximum Gasteiger partial charge on any atom is 0.472 e. The highest BCUT2D eigenvalue weighted by Crippen LogP contribution is 2.43. The molecule has 0 rings (SSSR count). The number of phosphoric ester groups is 1. The van der Waals surface area contributed by atoms with Crippen molar-refractivity contribution >= 4 is 13.8 Å². The average molecular weight is 965 g/mol. The lowest BCUT2D eigenvalue weighted by Gasteiger charge is -2.24. The molecule has 2 atom stereocenters. The summed E-state index contributed by atoms with van der Waals surface area (Å²) in [6.07, 6.45) is 64.6. The molecule has 0 radical (unpaired) electrons. The van der Waals surface area contributed by atoms with Crippen molar-refractivity contribution in [3.63, 3.8) is 0 Å². The van der Waals surface area contributed by atoms with Gasteiger partial charge >= 0.3 is 13.8 Å². The Balaban J connectivity index is 4.07. The van der Waals surface area contributed by atoms with E-state index in [1.165, 1.54) is 173 Å². The second-order valence-corrected chi connectivity index (χ2v) is 21.8. The zero-order chi connectivity index (χ0) is 49.0. The van der Waals surface area contributed by atoms with E-state index in [0.717, 1.165) is 64.2 Å². The van der Waals surface area contributed by atoms with Crippen molar-refractivity contribution in [1.29, 1.82) is 0 Å². The molecule has 1 N–H and O–H groups in total. The number of phosphoric acid groups is 1. The van der Waals surface area contributed by atoms with Gasteiger partial charge in [-0.15, -0.1) is 0 Å². The number of ether oxygens (including phenoxy) is 2. The smallest absolute Gasteiger partial charge is 0.457 e. The zero-order valence-corrected chi connectivity index (χ0v) is 45.8. The summed E-state index contributed by atoms with van der Waals surface area (Å²) in [6.45, 7) is 5.55. The van der Waals surface area contributed by atoms with Crippen LogP contribution in [-0.4, -0.2) is 75.6 Å². The number of rotatable bonds is 53. The van der Waals surface area contributed by atoms with E-state index in [4.69, 9.17) is 18.5 Å². The second-order valence-electron chi connectivity index (χ2n) is 20.3. The minimum Gasteiger partial charge on any atom is -0.457 e. The van der Waals surface area contributed by atoms with Crippen LogP contribution in [0, 0.1) is 0 Å². The lowest BCUT2D eigenvalue weighted by molar-refractivity contribution is -0.870. The molecule has 0 aromatic rings. The number of esters is 1. The third-order valence-electron chi connectivity index (χ3n) is 12.4. The van der Waals surface area contributed by atoms with Crippen molar-refractivity contribution in [3.05, 3.63) is 48.6 Å². The van der Waals surface area contributed by atoms with E-state index in [0.29, 0.717) is 24.1 Å². The summed E-state index contributed by atoms with van der Waals surface area (Å²) in [7, 11) is 1.67. The predicted molar refractivity (Wildman–Crippen MR) is 289 cm³/mol. The van der Waals surface area contributed by atoms with Crippen molar-refractivity contribution in [2.24, 2.45) is 0 Å². The first-order chi connectivity index (χ1) is 32.6. The van der Waals surface area contributed by atoms with Gasteiger partial charge in [-0.1, -0.05) is 249 Å². The molecule has 0 aromatic heterocycles. The highest BCUT2D eigenvalue weighted by Gasteiger charge is 2.26. The molecular formula is C58H111NO7P+. The van der Waals surface area contributed by atoms with Gasteiger partial charge in [-0.25, -0.2) is 4.57 Å². The quantitative estimate of drug-likeness (QED) is 0.0213. The molecule has 0 aromatic carbocycles. The minimum absolute atomic E-state index is 0.0871. The number of nitrogens with zero attached hydrogens (tertiary/aromatic N) is 1. The lowest BCUT2D eigenvalue weighted by atomic mass is 10.0. The van der Waals surface area contributed by atoms with Crippen LogP contribution in [0.3, 0.4) is 0 Å². The Bertz CT molecular complexity index is 1210. The second kappa shape index (κ2) is 50.8. The number of hydrogen-bond acceptors (Lipinski definition) is 6. The molecule has 0 aliphatic rings. The highest BCUT2D eigenvalue weighted by atomic mass is 31.2. The molecule has 0 saturated carbocycles. The molecular weight excluding hydrogens is 854 g/mol. The van der Waals surface area contributed by atoms with Gasteiger partial charge in [0, 0.05) is 13.0 Å². The third-order valence-corrected chi connectivity index (χ3v) is 13.4. The molecule has 0 saturated heterocycles. The van der Waals surface area contributed by atoms with Crippen LogP contribution in [0.25, 0.3) is 0 Å². The summed E-state index contributed by atoms with van der Waals surface area (Å²) < 4.78 is 35.3. The van der Waals surface area contributed by atoms with Crippen LogP contribution in [0.5, 0.6) is 0 Å². The van der Waals surface area contributed by atoms with Gasteiger partial charge in [-0.05, 0) is 51.4 Å². The largest absolute Gasteiger partial charge is 0.472 e. The summed E-state index contributed by atoms with van der Waals surface area (Å²) >= 11 is 0. The molecule has 0 heterocycles. The molecule has 0 spiro atoms. The van der Waals surface area contributed by atoms with E-state index in [1.807, 2.05) is 21.1 Å². The number of carbonyl (C=O) groups excluding carboxylic acids is 1. The summed E-state index contributed by atoms with van der Waals surface area (Å²) in [5.41, 5.74) is 0. The third kappa shape index (κ3) is 55.3. The molecule has 394 valence electrons. The van der Waals surface area contributed by atoms with E-state index < -0.39 is 13.9 Å². The molecule has 0 aliphatic heterocycles. The first-order valence-electron chi connectivity index (χ1n) is 28.4. The number of quaternary nitrogens is 1. The number of likely N-dealkylation sites (N-methyl/N-ethyl adjacent to an activating group) is 1. The fourth-order valence-electron chi connectivity index (χ4n) is 8.08. The molecule has 8 nitrogen and oxygen atoms in total. The van der Waals surface area contributed by atoms with Crippen molar-refractivity contribution in [2.75, 3.05) is 54.1 Å². The molecule has 0 aliphatic carbocycles. The first kappa shape index (κ1) is 65.5. The van der Waals surface area contributed by atoms with Crippen molar-refractivity contribution in [1.82, 2.24) is 0 Å². The van der Waals surface area contributed by atoms with Crippen LogP contribution in [0.4, 0.5) is 0 Å². The van der Waals surface area contributed by atoms with Gasteiger partial charge in [0.15, 0.2) is 0 Å². The summed E-state index contributed by atoms with van der Waals surface area (Å²) in [6, 6.07) is 0. The van der Waals surface area contributed by atoms with Gasteiger partial charge < -0.3 is 18.9 Å². The molecule has 0 fully saturated rings. The lowest BCUT2D eigenvalue weighted by Crippen LogP contribution is -2.37. The topological polar surface area (TPSA) is 91.3 Å². The molecule has 2 unspecified atom stereocenters. The average Bonchev–Trinajstić information content (AvgIpc) is 3.29. The molecule has 67 heavy (non-hydrogen) atoms. The Morgan fingerprint density at radius 2 is 0.866 bits per heavy atom. The zero-order valence-electron chi connectivity index (χ0n) is 44.9. The van der Waals surface area contributed by atoms with Crippen LogP contribution in [0.15, 0.2) is 48.6 Å². The predicted octanol–water partition coefficient (Wildman–Crippen LogP) is 17.8. The van der Waals surface area contributed by atoms with Crippen LogP contribution < -0.4 is 0 Å². The first-order valence-corrected chi connectivity index (χ1v) is 29.9. The van der Waals surface area contributed by atoms with Crippen molar-refractivity contribution in [2.45, 2.75) is 264 Å². The number of unbranched alkanes of at least 4 members (excludes halogenated alkanes) is 31. The Morgan fingerprint density at radius 3 is 1.30 bits per heavy atom. The van der Waals surface area contributed by atoms with Gasteiger partial charge in [0.2, 0.25) is 0 Å². The van der Waals surface area contributed by atoms with Crippen molar-refractivity contribution < 1.29 is 37.3 Å². The Kier molecular flexibility index (Phi) is 49.7. The number of allylic oxidation sites excluding steroid dienone is 8. The van der Waals surface area contributed by atoms with Crippen LogP contribution in [-0.2, 0) is 27.9 Å². The number of hydrogen-bond donors (Lipinski definition) is 1. The molecule has 0 bridgehead atoms. The van der Waals surface area contributed by atoms with Crippen LogP contribution in [0.2, 0.25) is 0 Å². The van der Waals surface area contributed by atoms with E-state index >= 15 is 0 Å². The summed E-state index contributed by atoms with van der Waals surface area (Å²) in [5.74, 6) is -0.318. The molecule has 0 amide bonds. The SMILES string of the molecule is CC/C=C\C/C=C\C/C=C\C/C=C\CCCCCCCCCCC(=O)OC(COCCCCCCCCCCCCCCCCCCCCCCCCCC)COP(=O)(O)OCC[N+](C)(C)C. The Morgan fingerprint density at radius 1 is 0.478 bits per heavy atom. The van der Waals surface area contributed by atoms with Gasteiger partial charge in [0.25, 0.3) is 0 Å². The maximum absolute atomic E-state index is 12.8. The maximum atomic E-state index is 12.8. The number of carbonyl (C=O) groups is 1. The monoisotopic (exact) mass is 965 g/mol. The van der Waals surface area contributed by atoms with Gasteiger partial charge in [0.1, 0.15) is 19.3 Å². The van der Waals surface area contributed by atoms with E-state index in [1.54, 1.807) is 0 Å². The minimum atomic E-state index is -4.29. The van der Waals surface area contributed by atoms with Gasteiger partial charge in [-0.3, -0.25) is 13.8 Å². The summed E-state index contributed by atoms with van der Waals surface area (Å²) in [4.78, 5) is 23.1. The van der Waals surface area contributed by atoms with Crippen LogP contribution >= 0.6 is 7.82 Å². The normalized spacial score (nSPS) is 13.8. The van der Waals surface area contributed by atoms with E-state index in [9.17, 15) is 14.3 Å². The molecule has 9 heteroatoms. The highest BCUT2D eigenvalue weighted by molar-refractivity contribution is 7.47. The standard InChI is InChI=1S/C58H110NO7P/c1-6-8-10-12-14-16-18-20-22-24-26-28-29-30-32-34-36-38-40-42-44-46-48-50-53-63-55-57(56-65-67(61,62)64-54-52-59(3,4)5)66-58(60)51-49-47-45-43-41-39-37-35-33-31-27-25-23-21-19-17-15-13-11-9-7-2/h9,11,15,17,21,23,27,31,57H,6-8,10,12-14,16,18-20,22,24-26,28-30,32-56H2,1-5H3/p+1/b11-9-,17-15-,23-21-,31-27-. The van der Waals surface area contributed by atoms with E-state index in [-0.39, 0.29) is 25.8 Å². The van der Waals surface area contributed by atoms with Gasteiger partial charge in [0.05, 0.1) is 34.4 Å². The fourth-order valence-corrected chi connectivity index (χ4v) is 8.82. The summed E-state index contributed by atoms with van der Waals surface area (Å²) in [5, 5.41) is 0. The van der Waals surface area contributed by atoms with Crippen molar-refractivity contribution in [3.8, 4) is 0 Å².